The highest BCUT2D eigenvalue weighted by atomic mass is 32.1. The lowest BCUT2D eigenvalue weighted by Crippen LogP contribution is -2.25. The summed E-state index contributed by atoms with van der Waals surface area (Å²) in [6, 6.07) is 3.75. The Morgan fingerprint density at radius 1 is 1.41 bits per heavy atom. The molecule has 17 heavy (non-hydrogen) atoms. The summed E-state index contributed by atoms with van der Waals surface area (Å²) in [5.41, 5.74) is 0. The Morgan fingerprint density at radius 2 is 2.12 bits per heavy atom. The molecule has 0 aromatic carbocycles. The molecule has 0 bridgehead atoms. The molecular formula is C11H16F3NOS. The Balaban J connectivity index is 2.48. The van der Waals surface area contributed by atoms with Gasteiger partial charge in [0.1, 0.15) is 6.61 Å². The molecule has 1 atom stereocenters. The lowest BCUT2D eigenvalue weighted by Gasteiger charge is -2.15. The number of likely N-dealkylation sites (N-methyl/N-ethyl adjacent to an activating group) is 1. The fourth-order valence-corrected chi connectivity index (χ4v) is 2.42. The van der Waals surface area contributed by atoms with Gasteiger partial charge in [0, 0.05) is 9.75 Å². The molecule has 0 aliphatic rings. The van der Waals surface area contributed by atoms with E-state index in [-0.39, 0.29) is 12.6 Å². The van der Waals surface area contributed by atoms with Crippen molar-refractivity contribution >= 4 is 11.3 Å². The van der Waals surface area contributed by atoms with Crippen LogP contribution in [0.25, 0.3) is 0 Å². The largest absolute Gasteiger partial charge is 0.411 e. The van der Waals surface area contributed by atoms with E-state index in [1.54, 1.807) is 18.4 Å². The number of nitrogens with one attached hydrogen (secondary N) is 1. The van der Waals surface area contributed by atoms with Crippen LogP contribution in [0.2, 0.25) is 0 Å². The predicted octanol–water partition coefficient (Wildman–Crippen LogP) is 3.15. The van der Waals surface area contributed by atoms with Crippen molar-refractivity contribution in [1.29, 1.82) is 0 Å². The van der Waals surface area contributed by atoms with Gasteiger partial charge in [-0.2, -0.15) is 13.2 Å². The molecule has 2 nitrogen and oxygen atoms in total. The van der Waals surface area contributed by atoms with Crippen molar-refractivity contribution in [3.05, 3.63) is 21.9 Å². The second-order valence-corrected chi connectivity index (χ2v) is 4.83. The molecule has 0 fully saturated rings. The number of rotatable bonds is 6. The summed E-state index contributed by atoms with van der Waals surface area (Å²) < 4.78 is 40.5. The van der Waals surface area contributed by atoms with Gasteiger partial charge in [0.05, 0.1) is 12.6 Å². The zero-order valence-electron chi connectivity index (χ0n) is 9.80. The summed E-state index contributed by atoms with van der Waals surface area (Å²) in [7, 11) is 1.72. The molecule has 1 unspecified atom stereocenters. The lowest BCUT2D eigenvalue weighted by atomic mass is 10.2. The molecule has 1 aromatic heterocycles. The van der Waals surface area contributed by atoms with Gasteiger partial charge in [-0.15, -0.1) is 11.3 Å². The minimum Gasteiger partial charge on any atom is -0.370 e. The second kappa shape index (κ2) is 6.37. The van der Waals surface area contributed by atoms with Crippen LogP contribution in [-0.4, -0.2) is 26.4 Å². The number of alkyl halides is 3. The Bertz CT molecular complexity index is 338. The summed E-state index contributed by atoms with van der Waals surface area (Å²) in [4.78, 5) is 2.22. The standard InChI is InChI=1S/C11H16F3NOS/c1-3-8-4-5-10(17-8)9(15-2)6-16-7-11(12,13)14/h4-5,9,15H,3,6-7H2,1-2H3. The average molecular weight is 267 g/mol. The van der Waals surface area contributed by atoms with Crippen LogP contribution in [-0.2, 0) is 11.2 Å². The fraction of sp³-hybridized carbons (Fsp3) is 0.636. The van der Waals surface area contributed by atoms with Crippen LogP contribution in [0.1, 0.15) is 22.7 Å². The Hall–Kier alpha value is -0.590. The third-order valence-electron chi connectivity index (χ3n) is 2.27. The van der Waals surface area contributed by atoms with Crippen molar-refractivity contribution < 1.29 is 17.9 Å². The van der Waals surface area contributed by atoms with Gasteiger partial charge in [-0.3, -0.25) is 0 Å². The quantitative estimate of drug-likeness (QED) is 0.855. The third kappa shape index (κ3) is 5.06. The first-order valence-electron chi connectivity index (χ1n) is 5.36. The summed E-state index contributed by atoms with van der Waals surface area (Å²) in [6.07, 6.45) is -3.33. The minimum atomic E-state index is -4.26. The second-order valence-electron chi connectivity index (χ2n) is 3.63. The molecule has 0 amide bonds. The molecule has 0 aliphatic heterocycles. The molecule has 1 heterocycles. The first kappa shape index (κ1) is 14.5. The fourth-order valence-electron chi connectivity index (χ4n) is 1.37. The Kier molecular flexibility index (Phi) is 5.42. The van der Waals surface area contributed by atoms with E-state index in [1.807, 2.05) is 19.1 Å². The van der Waals surface area contributed by atoms with Crippen LogP contribution in [0.15, 0.2) is 12.1 Å². The average Bonchev–Trinajstić information content (AvgIpc) is 2.71. The van der Waals surface area contributed by atoms with Crippen LogP contribution in [0, 0.1) is 0 Å². The van der Waals surface area contributed by atoms with E-state index < -0.39 is 12.8 Å². The first-order chi connectivity index (χ1) is 7.96. The molecule has 98 valence electrons. The maximum absolute atomic E-state index is 11.9. The number of hydrogen-bond acceptors (Lipinski definition) is 3. The number of hydrogen-bond donors (Lipinski definition) is 1. The minimum absolute atomic E-state index is 0.0275. The maximum Gasteiger partial charge on any atom is 0.411 e. The Morgan fingerprint density at radius 3 is 2.59 bits per heavy atom. The highest BCUT2D eigenvalue weighted by Gasteiger charge is 2.28. The van der Waals surface area contributed by atoms with Crippen molar-refractivity contribution in [2.45, 2.75) is 25.6 Å². The summed E-state index contributed by atoms with van der Waals surface area (Å²) in [6.45, 7) is 0.876. The molecule has 0 spiro atoms. The summed E-state index contributed by atoms with van der Waals surface area (Å²) in [5.74, 6) is 0. The summed E-state index contributed by atoms with van der Waals surface area (Å²) in [5, 5.41) is 2.96. The van der Waals surface area contributed by atoms with Gasteiger partial charge in [-0.05, 0) is 25.6 Å². The van der Waals surface area contributed by atoms with Crippen molar-refractivity contribution in [2.24, 2.45) is 0 Å². The van der Waals surface area contributed by atoms with E-state index in [2.05, 4.69) is 10.1 Å². The number of halogens is 3. The number of aryl methyl sites for hydroxylation is 1. The molecule has 6 heteroatoms. The molecule has 1 aromatic rings. The van der Waals surface area contributed by atoms with Gasteiger partial charge < -0.3 is 10.1 Å². The van der Waals surface area contributed by atoms with Gasteiger partial charge in [0.2, 0.25) is 0 Å². The van der Waals surface area contributed by atoms with E-state index >= 15 is 0 Å². The highest BCUT2D eigenvalue weighted by molar-refractivity contribution is 7.12. The van der Waals surface area contributed by atoms with Gasteiger partial charge in [0.15, 0.2) is 0 Å². The topological polar surface area (TPSA) is 21.3 Å². The zero-order chi connectivity index (χ0) is 12.9. The number of thiophene rings is 1. The smallest absolute Gasteiger partial charge is 0.370 e. The van der Waals surface area contributed by atoms with Crippen molar-refractivity contribution in [3.8, 4) is 0 Å². The molecule has 0 saturated carbocycles. The van der Waals surface area contributed by atoms with E-state index in [0.717, 1.165) is 11.3 Å². The van der Waals surface area contributed by atoms with E-state index in [9.17, 15) is 13.2 Å². The van der Waals surface area contributed by atoms with E-state index in [1.165, 1.54) is 4.88 Å². The van der Waals surface area contributed by atoms with Crippen molar-refractivity contribution in [2.75, 3.05) is 20.3 Å². The van der Waals surface area contributed by atoms with Gasteiger partial charge in [0.25, 0.3) is 0 Å². The van der Waals surface area contributed by atoms with Crippen LogP contribution < -0.4 is 5.32 Å². The van der Waals surface area contributed by atoms with Crippen LogP contribution >= 0.6 is 11.3 Å². The first-order valence-corrected chi connectivity index (χ1v) is 6.18. The molecule has 1 rings (SSSR count). The van der Waals surface area contributed by atoms with Crippen molar-refractivity contribution in [3.63, 3.8) is 0 Å². The highest BCUT2D eigenvalue weighted by Crippen LogP contribution is 2.24. The maximum atomic E-state index is 11.9. The molecule has 0 radical (unpaired) electrons. The van der Waals surface area contributed by atoms with Gasteiger partial charge in [-0.1, -0.05) is 6.92 Å². The SMILES string of the molecule is CCc1ccc(C(COCC(F)(F)F)NC)s1. The third-order valence-corrected chi connectivity index (χ3v) is 3.62. The summed E-state index contributed by atoms with van der Waals surface area (Å²) >= 11 is 1.60. The van der Waals surface area contributed by atoms with Gasteiger partial charge >= 0.3 is 6.18 Å². The molecular weight excluding hydrogens is 251 g/mol. The van der Waals surface area contributed by atoms with Crippen LogP contribution in [0.3, 0.4) is 0 Å². The molecule has 0 saturated heterocycles. The normalized spacial score (nSPS) is 13.9. The van der Waals surface area contributed by atoms with E-state index in [4.69, 9.17) is 0 Å². The number of ether oxygens (including phenoxy) is 1. The predicted molar refractivity (Wildman–Crippen MR) is 62.4 cm³/mol. The lowest BCUT2D eigenvalue weighted by molar-refractivity contribution is -0.175. The van der Waals surface area contributed by atoms with Gasteiger partial charge in [-0.25, -0.2) is 0 Å². The zero-order valence-corrected chi connectivity index (χ0v) is 10.6. The Labute approximate surface area is 103 Å². The monoisotopic (exact) mass is 267 g/mol. The van der Waals surface area contributed by atoms with Crippen molar-refractivity contribution in [1.82, 2.24) is 5.32 Å². The van der Waals surface area contributed by atoms with Crippen LogP contribution in [0.4, 0.5) is 13.2 Å². The molecule has 0 aliphatic carbocycles. The van der Waals surface area contributed by atoms with Crippen LogP contribution in [0.5, 0.6) is 0 Å². The van der Waals surface area contributed by atoms with E-state index in [0.29, 0.717) is 0 Å². The molecule has 1 N–H and O–H groups in total.